The van der Waals surface area contributed by atoms with Gasteiger partial charge in [-0.2, -0.15) is 0 Å². The Labute approximate surface area is 115 Å². The number of carbonyl (C=O) groups is 1. The monoisotopic (exact) mass is 274 g/mol. The number of nitrogens with one attached hydrogen (secondary N) is 1. The van der Waals surface area contributed by atoms with Gasteiger partial charge in [-0.3, -0.25) is 4.79 Å². The Kier molecular flexibility index (Phi) is 2.85. The summed E-state index contributed by atoms with van der Waals surface area (Å²) in [6.45, 7) is 3.86. The molecule has 2 aromatic rings. The summed E-state index contributed by atoms with van der Waals surface area (Å²) in [5.41, 5.74) is 0.835. The number of benzene rings is 1. The molecular formula is C14H14N2O4. The third-order valence-electron chi connectivity index (χ3n) is 3.17. The van der Waals surface area contributed by atoms with Crippen molar-refractivity contribution >= 4 is 11.6 Å². The van der Waals surface area contributed by atoms with E-state index in [0.29, 0.717) is 17.2 Å². The molecule has 0 radical (unpaired) electrons. The minimum absolute atomic E-state index is 0.223. The van der Waals surface area contributed by atoms with Crippen LogP contribution in [0.2, 0.25) is 0 Å². The van der Waals surface area contributed by atoms with Gasteiger partial charge >= 0.3 is 0 Å². The van der Waals surface area contributed by atoms with E-state index in [0.717, 1.165) is 6.42 Å². The van der Waals surface area contributed by atoms with E-state index in [1.165, 1.54) is 12.3 Å². The minimum Gasteiger partial charge on any atom is -0.449 e. The maximum absolute atomic E-state index is 11.9. The van der Waals surface area contributed by atoms with Crippen LogP contribution in [0.5, 0.6) is 11.5 Å². The van der Waals surface area contributed by atoms with Gasteiger partial charge in [0, 0.05) is 31.2 Å². The summed E-state index contributed by atoms with van der Waals surface area (Å²) in [5.74, 6) is 0.314. The van der Waals surface area contributed by atoms with Crippen LogP contribution in [-0.2, 0) is 0 Å². The van der Waals surface area contributed by atoms with E-state index >= 15 is 0 Å². The molecule has 6 nitrogen and oxygen atoms in total. The van der Waals surface area contributed by atoms with Crippen LogP contribution in [0.25, 0.3) is 0 Å². The fourth-order valence-electron chi connectivity index (χ4n) is 1.91. The smallest absolute Gasteiger partial charge is 0.277 e. The number of fused-ring (bicyclic) bond motifs is 1. The SMILES string of the molecule is CC[C@]1(C)Oc2ccc(NC(=O)c3ccon3)cc2O1. The molecule has 1 aliphatic rings. The van der Waals surface area contributed by atoms with Crippen molar-refractivity contribution < 1.29 is 18.8 Å². The number of aromatic nitrogens is 1. The van der Waals surface area contributed by atoms with Gasteiger partial charge in [0.1, 0.15) is 6.26 Å². The lowest BCUT2D eigenvalue weighted by Gasteiger charge is -2.20. The summed E-state index contributed by atoms with van der Waals surface area (Å²) in [4.78, 5) is 11.9. The van der Waals surface area contributed by atoms with E-state index < -0.39 is 5.79 Å². The lowest BCUT2D eigenvalue weighted by Crippen LogP contribution is -2.33. The highest BCUT2D eigenvalue weighted by Crippen LogP contribution is 2.42. The van der Waals surface area contributed by atoms with E-state index in [1.807, 2.05) is 13.8 Å². The first-order valence-corrected chi connectivity index (χ1v) is 6.33. The first-order chi connectivity index (χ1) is 9.59. The quantitative estimate of drug-likeness (QED) is 0.931. The number of nitrogens with zero attached hydrogens (tertiary/aromatic N) is 1. The highest BCUT2D eigenvalue weighted by molar-refractivity contribution is 6.02. The molecule has 1 N–H and O–H groups in total. The summed E-state index contributed by atoms with van der Waals surface area (Å²) in [6.07, 6.45) is 2.07. The zero-order valence-electron chi connectivity index (χ0n) is 11.2. The molecule has 0 aliphatic carbocycles. The molecule has 104 valence electrons. The lowest BCUT2D eigenvalue weighted by atomic mass is 10.2. The Morgan fingerprint density at radius 1 is 1.30 bits per heavy atom. The second-order valence-electron chi connectivity index (χ2n) is 4.69. The third kappa shape index (κ3) is 2.20. The normalized spacial score (nSPS) is 19.9. The molecule has 0 unspecified atom stereocenters. The first-order valence-electron chi connectivity index (χ1n) is 6.33. The van der Waals surface area contributed by atoms with Crippen LogP contribution in [0.4, 0.5) is 5.69 Å². The van der Waals surface area contributed by atoms with Crippen molar-refractivity contribution in [1.82, 2.24) is 5.16 Å². The van der Waals surface area contributed by atoms with Gasteiger partial charge in [0.05, 0.1) is 0 Å². The molecule has 6 heteroatoms. The molecule has 20 heavy (non-hydrogen) atoms. The molecule has 0 spiro atoms. The highest BCUT2D eigenvalue weighted by atomic mass is 16.7. The lowest BCUT2D eigenvalue weighted by molar-refractivity contribution is -0.0640. The first kappa shape index (κ1) is 12.5. The standard InChI is InChI=1S/C14H14N2O4/c1-3-14(2)19-11-5-4-9(8-12(11)20-14)15-13(17)10-6-7-18-16-10/h4-8H,3H2,1-2H3,(H,15,17)/t14-/m1/s1. The number of anilines is 1. The molecule has 1 aromatic heterocycles. The van der Waals surface area contributed by atoms with Gasteiger partial charge < -0.3 is 19.3 Å². The molecule has 0 saturated carbocycles. The van der Waals surface area contributed by atoms with E-state index in [2.05, 4.69) is 15.0 Å². The van der Waals surface area contributed by atoms with E-state index in [4.69, 9.17) is 9.47 Å². The molecule has 1 amide bonds. The van der Waals surface area contributed by atoms with Gasteiger partial charge in [0.25, 0.3) is 5.91 Å². The predicted molar refractivity (Wildman–Crippen MR) is 70.9 cm³/mol. The van der Waals surface area contributed by atoms with Gasteiger partial charge in [0.2, 0.25) is 5.79 Å². The van der Waals surface area contributed by atoms with Crippen LogP contribution < -0.4 is 14.8 Å². The number of amides is 1. The third-order valence-corrected chi connectivity index (χ3v) is 3.17. The topological polar surface area (TPSA) is 73.6 Å². The Morgan fingerprint density at radius 2 is 2.10 bits per heavy atom. The molecule has 2 heterocycles. The van der Waals surface area contributed by atoms with Crippen molar-refractivity contribution in [3.8, 4) is 11.5 Å². The maximum Gasteiger partial charge on any atom is 0.277 e. The second-order valence-corrected chi connectivity index (χ2v) is 4.69. The van der Waals surface area contributed by atoms with Crippen LogP contribution in [-0.4, -0.2) is 16.9 Å². The number of hydrogen-bond donors (Lipinski definition) is 1. The van der Waals surface area contributed by atoms with E-state index in [-0.39, 0.29) is 11.6 Å². The van der Waals surface area contributed by atoms with Gasteiger partial charge in [-0.15, -0.1) is 0 Å². The van der Waals surface area contributed by atoms with Crippen molar-refractivity contribution in [3.63, 3.8) is 0 Å². The number of rotatable bonds is 3. The number of ether oxygens (including phenoxy) is 2. The molecular weight excluding hydrogens is 260 g/mol. The average Bonchev–Trinajstić information content (AvgIpc) is 3.05. The molecule has 1 atom stereocenters. The van der Waals surface area contributed by atoms with Crippen molar-refractivity contribution in [2.75, 3.05) is 5.32 Å². The largest absolute Gasteiger partial charge is 0.449 e. The molecule has 1 aliphatic heterocycles. The zero-order chi connectivity index (χ0) is 14.2. The van der Waals surface area contributed by atoms with Crippen LogP contribution >= 0.6 is 0 Å². The summed E-state index contributed by atoms with van der Waals surface area (Å²) in [5, 5.41) is 6.30. The van der Waals surface area contributed by atoms with Crippen LogP contribution in [0.1, 0.15) is 30.8 Å². The van der Waals surface area contributed by atoms with Crippen molar-refractivity contribution in [1.29, 1.82) is 0 Å². The minimum atomic E-state index is -0.642. The molecule has 0 bridgehead atoms. The van der Waals surface area contributed by atoms with Crippen LogP contribution in [0.15, 0.2) is 35.1 Å². The summed E-state index contributed by atoms with van der Waals surface area (Å²) in [6, 6.07) is 6.75. The van der Waals surface area contributed by atoms with Crippen molar-refractivity contribution in [2.45, 2.75) is 26.1 Å². The molecule has 1 aromatic carbocycles. The van der Waals surface area contributed by atoms with Gasteiger partial charge in [-0.25, -0.2) is 0 Å². The van der Waals surface area contributed by atoms with Crippen LogP contribution in [0.3, 0.4) is 0 Å². The maximum atomic E-state index is 11.9. The Morgan fingerprint density at radius 3 is 2.80 bits per heavy atom. The molecule has 3 rings (SSSR count). The summed E-state index contributed by atoms with van der Waals surface area (Å²) < 4.78 is 16.1. The fraction of sp³-hybridized carbons (Fsp3) is 0.286. The summed E-state index contributed by atoms with van der Waals surface area (Å²) in [7, 11) is 0. The molecule has 0 fully saturated rings. The second kappa shape index (κ2) is 4.56. The summed E-state index contributed by atoms with van der Waals surface area (Å²) >= 11 is 0. The van der Waals surface area contributed by atoms with E-state index in [1.54, 1.807) is 18.2 Å². The zero-order valence-corrected chi connectivity index (χ0v) is 11.2. The van der Waals surface area contributed by atoms with Crippen molar-refractivity contribution in [2.24, 2.45) is 0 Å². The predicted octanol–water partition coefficient (Wildman–Crippen LogP) is 2.82. The number of hydrogen-bond acceptors (Lipinski definition) is 5. The Balaban J connectivity index is 1.78. The van der Waals surface area contributed by atoms with Gasteiger partial charge in [-0.05, 0) is 12.1 Å². The van der Waals surface area contributed by atoms with Crippen molar-refractivity contribution in [3.05, 3.63) is 36.2 Å². The molecule has 0 saturated heterocycles. The van der Waals surface area contributed by atoms with Gasteiger partial charge in [0.15, 0.2) is 17.2 Å². The highest BCUT2D eigenvalue weighted by Gasteiger charge is 2.35. The Hall–Kier alpha value is -2.50. The van der Waals surface area contributed by atoms with E-state index in [9.17, 15) is 4.79 Å². The Bertz CT molecular complexity index is 639. The average molecular weight is 274 g/mol. The van der Waals surface area contributed by atoms with Crippen LogP contribution in [0, 0.1) is 0 Å². The number of carbonyl (C=O) groups excluding carboxylic acids is 1. The van der Waals surface area contributed by atoms with Gasteiger partial charge in [-0.1, -0.05) is 12.1 Å². The fourth-order valence-corrected chi connectivity index (χ4v) is 1.91.